The van der Waals surface area contributed by atoms with Gasteiger partial charge in [-0.2, -0.15) is 0 Å². The predicted octanol–water partition coefficient (Wildman–Crippen LogP) is 1.73. The number of ether oxygens (including phenoxy) is 1. The van der Waals surface area contributed by atoms with Crippen molar-refractivity contribution in [2.45, 2.75) is 19.2 Å². The van der Waals surface area contributed by atoms with Crippen molar-refractivity contribution < 1.29 is 23.8 Å². The zero-order chi connectivity index (χ0) is 13.4. The maximum atomic E-state index is 12.9. The van der Waals surface area contributed by atoms with Crippen molar-refractivity contribution in [3.63, 3.8) is 0 Å². The van der Waals surface area contributed by atoms with Crippen LogP contribution in [-0.2, 0) is 16.1 Å². The van der Waals surface area contributed by atoms with Crippen LogP contribution in [0.1, 0.15) is 12.0 Å². The normalized spacial score (nSPS) is 11.6. The molecule has 2 N–H and O–H groups in total. The van der Waals surface area contributed by atoms with Crippen LogP contribution in [0.4, 0.5) is 9.18 Å². The van der Waals surface area contributed by atoms with E-state index in [2.05, 4.69) is 5.32 Å². The van der Waals surface area contributed by atoms with Crippen molar-refractivity contribution in [2.75, 3.05) is 6.54 Å². The number of amides is 1. The Labute approximate surface area is 104 Å². The molecule has 1 aromatic carbocycles. The Hall–Kier alpha value is -2.11. The summed E-state index contributed by atoms with van der Waals surface area (Å²) in [5.74, 6) is -1.25. The summed E-state index contributed by atoms with van der Waals surface area (Å²) in [7, 11) is 0. The molecule has 0 aliphatic rings. The molecule has 0 saturated carbocycles. The van der Waals surface area contributed by atoms with Gasteiger partial charge in [0.1, 0.15) is 12.8 Å². The van der Waals surface area contributed by atoms with Crippen LogP contribution in [-0.4, -0.2) is 29.9 Å². The quantitative estimate of drug-likeness (QED) is 0.811. The summed E-state index contributed by atoms with van der Waals surface area (Å²) < 4.78 is 17.7. The van der Waals surface area contributed by atoms with Crippen molar-refractivity contribution in [1.82, 2.24) is 5.32 Å². The minimum Gasteiger partial charge on any atom is -0.481 e. The minimum absolute atomic E-state index is 0.0859. The van der Waals surface area contributed by atoms with Gasteiger partial charge in [-0.15, -0.1) is 0 Å². The Morgan fingerprint density at radius 2 is 2.00 bits per heavy atom. The molecule has 0 unspecified atom stereocenters. The summed E-state index contributed by atoms with van der Waals surface area (Å²) in [6.45, 7) is -0.289. The highest BCUT2D eigenvalue weighted by atomic mass is 19.1. The smallest absolute Gasteiger partial charge is 0.407 e. The number of alkyl halides is 1. The van der Waals surface area contributed by atoms with E-state index in [4.69, 9.17) is 9.84 Å². The van der Waals surface area contributed by atoms with Crippen molar-refractivity contribution in [1.29, 1.82) is 0 Å². The molecule has 0 aliphatic heterocycles. The fourth-order valence-electron chi connectivity index (χ4n) is 1.23. The molecule has 1 aromatic rings. The lowest BCUT2D eigenvalue weighted by molar-refractivity contribution is -0.138. The van der Waals surface area contributed by atoms with E-state index in [-0.39, 0.29) is 13.2 Å². The fraction of sp³-hybridized carbons (Fsp3) is 0.333. The van der Waals surface area contributed by atoms with Gasteiger partial charge in [0, 0.05) is 0 Å². The second-order valence-electron chi connectivity index (χ2n) is 3.64. The minimum atomic E-state index is -1.62. The van der Waals surface area contributed by atoms with Gasteiger partial charge in [-0.05, 0) is 5.56 Å². The zero-order valence-electron chi connectivity index (χ0n) is 9.64. The number of nitrogens with one attached hydrogen (secondary N) is 1. The molecular formula is C12H14FNO4. The number of carbonyl (C=O) groups excluding carboxylic acids is 1. The number of hydrogen-bond acceptors (Lipinski definition) is 3. The third kappa shape index (κ3) is 5.83. The van der Waals surface area contributed by atoms with Gasteiger partial charge in [-0.3, -0.25) is 4.79 Å². The lowest BCUT2D eigenvalue weighted by Gasteiger charge is -2.08. The summed E-state index contributed by atoms with van der Waals surface area (Å²) in [5, 5.41) is 10.5. The predicted molar refractivity (Wildman–Crippen MR) is 61.8 cm³/mol. The van der Waals surface area contributed by atoms with Crippen LogP contribution in [0.15, 0.2) is 30.3 Å². The van der Waals surface area contributed by atoms with Crippen LogP contribution in [0.25, 0.3) is 0 Å². The highest BCUT2D eigenvalue weighted by Crippen LogP contribution is 2.01. The molecule has 0 saturated heterocycles. The Morgan fingerprint density at radius 1 is 1.33 bits per heavy atom. The Morgan fingerprint density at radius 3 is 2.61 bits per heavy atom. The van der Waals surface area contributed by atoms with E-state index in [1.165, 1.54) is 0 Å². The van der Waals surface area contributed by atoms with Gasteiger partial charge < -0.3 is 15.2 Å². The van der Waals surface area contributed by atoms with Gasteiger partial charge in [0.2, 0.25) is 0 Å². The van der Waals surface area contributed by atoms with Crippen LogP contribution in [0, 0.1) is 0 Å². The average Bonchev–Trinajstić information content (AvgIpc) is 2.34. The molecule has 18 heavy (non-hydrogen) atoms. The molecular weight excluding hydrogens is 241 g/mol. The second kappa shape index (κ2) is 7.26. The van der Waals surface area contributed by atoms with Crippen LogP contribution in [0.3, 0.4) is 0 Å². The van der Waals surface area contributed by atoms with Crippen LogP contribution in [0.5, 0.6) is 0 Å². The third-order valence-electron chi connectivity index (χ3n) is 2.08. The number of hydrogen-bond donors (Lipinski definition) is 2. The Bertz CT molecular complexity index is 396. The van der Waals surface area contributed by atoms with Crippen molar-refractivity contribution in [3.05, 3.63) is 35.9 Å². The standard InChI is InChI=1S/C12H14FNO4/c13-10(6-11(15)16)7-14-12(17)18-8-9-4-2-1-3-5-9/h1-5,10H,6-8H2,(H,14,17)(H,15,16)/t10-/m1/s1. The largest absolute Gasteiger partial charge is 0.481 e. The molecule has 1 atom stereocenters. The van der Waals surface area contributed by atoms with E-state index in [1.54, 1.807) is 24.3 Å². The highest BCUT2D eigenvalue weighted by molar-refractivity contribution is 5.68. The van der Waals surface area contributed by atoms with Crippen molar-refractivity contribution in [2.24, 2.45) is 0 Å². The molecule has 98 valence electrons. The zero-order valence-corrected chi connectivity index (χ0v) is 9.64. The van der Waals surface area contributed by atoms with Gasteiger partial charge >= 0.3 is 12.1 Å². The summed E-state index contributed by atoms with van der Waals surface area (Å²) in [6.07, 6.45) is -3.03. The maximum Gasteiger partial charge on any atom is 0.407 e. The van der Waals surface area contributed by atoms with E-state index in [0.29, 0.717) is 0 Å². The second-order valence-corrected chi connectivity index (χ2v) is 3.64. The van der Waals surface area contributed by atoms with E-state index in [0.717, 1.165) is 5.56 Å². The molecule has 0 heterocycles. The van der Waals surface area contributed by atoms with Crippen LogP contribution in [0.2, 0.25) is 0 Å². The molecule has 0 aliphatic carbocycles. The molecule has 6 heteroatoms. The first-order valence-electron chi connectivity index (χ1n) is 5.38. The van der Waals surface area contributed by atoms with E-state index < -0.39 is 24.7 Å². The summed E-state index contributed by atoms with van der Waals surface area (Å²) in [4.78, 5) is 21.3. The molecule has 0 spiro atoms. The first kappa shape index (κ1) is 14.0. The van der Waals surface area contributed by atoms with Gasteiger partial charge in [-0.1, -0.05) is 30.3 Å². The molecule has 5 nitrogen and oxygen atoms in total. The van der Waals surface area contributed by atoms with E-state index in [1.807, 2.05) is 6.07 Å². The number of carboxylic acid groups (broad SMARTS) is 1. The van der Waals surface area contributed by atoms with E-state index >= 15 is 0 Å². The fourth-order valence-corrected chi connectivity index (χ4v) is 1.23. The number of benzene rings is 1. The molecule has 0 aromatic heterocycles. The monoisotopic (exact) mass is 255 g/mol. The van der Waals surface area contributed by atoms with E-state index in [9.17, 15) is 14.0 Å². The average molecular weight is 255 g/mol. The molecule has 1 amide bonds. The maximum absolute atomic E-state index is 12.9. The third-order valence-corrected chi connectivity index (χ3v) is 2.08. The highest BCUT2D eigenvalue weighted by Gasteiger charge is 2.13. The van der Waals surface area contributed by atoms with Gasteiger partial charge in [-0.25, -0.2) is 9.18 Å². The van der Waals surface area contributed by atoms with Crippen molar-refractivity contribution in [3.8, 4) is 0 Å². The Balaban J connectivity index is 2.20. The first-order valence-corrected chi connectivity index (χ1v) is 5.38. The molecule has 1 rings (SSSR count). The number of halogens is 1. The summed E-state index contributed by atoms with van der Waals surface area (Å²) in [5.41, 5.74) is 0.815. The van der Waals surface area contributed by atoms with Crippen LogP contribution < -0.4 is 5.32 Å². The molecule has 0 fully saturated rings. The molecule has 0 radical (unpaired) electrons. The van der Waals surface area contributed by atoms with Crippen molar-refractivity contribution >= 4 is 12.1 Å². The number of aliphatic carboxylic acids is 1. The number of rotatable bonds is 6. The first-order chi connectivity index (χ1) is 8.58. The lowest BCUT2D eigenvalue weighted by Crippen LogP contribution is -2.31. The number of carboxylic acids is 1. The molecule has 0 bridgehead atoms. The van der Waals surface area contributed by atoms with Gasteiger partial charge in [0.15, 0.2) is 0 Å². The van der Waals surface area contributed by atoms with Gasteiger partial charge in [0.25, 0.3) is 0 Å². The Kier molecular flexibility index (Phi) is 5.63. The SMILES string of the molecule is O=C(O)C[C@@H](F)CNC(=O)OCc1ccccc1. The number of alkyl carbamates (subject to hydrolysis) is 1. The van der Waals surface area contributed by atoms with Gasteiger partial charge in [0.05, 0.1) is 13.0 Å². The topological polar surface area (TPSA) is 75.6 Å². The summed E-state index contributed by atoms with van der Waals surface area (Å²) >= 11 is 0. The summed E-state index contributed by atoms with van der Waals surface area (Å²) in [6, 6.07) is 9.02. The van der Waals surface area contributed by atoms with Crippen LogP contribution >= 0.6 is 0 Å². The lowest BCUT2D eigenvalue weighted by atomic mass is 10.2. The number of carbonyl (C=O) groups is 2.